The molecule has 2 N–H and O–H groups in total. The molecule has 120 valence electrons. The van der Waals surface area contributed by atoms with Crippen molar-refractivity contribution in [3.8, 4) is 0 Å². The first-order valence-electron chi connectivity index (χ1n) is 7.37. The highest BCUT2D eigenvalue weighted by Crippen LogP contribution is 1.91. The van der Waals surface area contributed by atoms with Gasteiger partial charge in [-0.3, -0.25) is 4.79 Å². The molecule has 0 unspecified atom stereocenters. The van der Waals surface area contributed by atoms with Crippen molar-refractivity contribution >= 4 is 5.97 Å². The lowest BCUT2D eigenvalue weighted by atomic mass is 10.2. The van der Waals surface area contributed by atoms with Gasteiger partial charge in [0.15, 0.2) is 0 Å². The SMILES string of the molecule is CCCCOCCOCCOCCOC(=O)[C@@H](N)CC. The molecule has 20 heavy (non-hydrogen) atoms. The van der Waals surface area contributed by atoms with Crippen LogP contribution in [0.5, 0.6) is 0 Å². The van der Waals surface area contributed by atoms with E-state index in [9.17, 15) is 4.79 Å². The molecule has 0 aromatic heterocycles. The van der Waals surface area contributed by atoms with Crippen LogP contribution in [-0.2, 0) is 23.7 Å². The highest BCUT2D eigenvalue weighted by Gasteiger charge is 2.11. The fourth-order valence-electron chi connectivity index (χ4n) is 1.26. The van der Waals surface area contributed by atoms with Gasteiger partial charge in [-0.05, 0) is 12.8 Å². The molecule has 0 aliphatic carbocycles. The monoisotopic (exact) mass is 291 g/mol. The Bertz CT molecular complexity index is 226. The van der Waals surface area contributed by atoms with Crippen molar-refractivity contribution in [3.63, 3.8) is 0 Å². The molecule has 6 nitrogen and oxygen atoms in total. The van der Waals surface area contributed by atoms with Gasteiger partial charge in [0.05, 0.1) is 33.0 Å². The molecular weight excluding hydrogens is 262 g/mol. The van der Waals surface area contributed by atoms with Crippen LogP contribution in [0, 0.1) is 0 Å². The van der Waals surface area contributed by atoms with Gasteiger partial charge < -0.3 is 24.7 Å². The molecule has 0 heterocycles. The summed E-state index contributed by atoms with van der Waals surface area (Å²) in [7, 11) is 0. The van der Waals surface area contributed by atoms with Gasteiger partial charge in [0, 0.05) is 6.61 Å². The maximum Gasteiger partial charge on any atom is 0.322 e. The minimum Gasteiger partial charge on any atom is -0.462 e. The van der Waals surface area contributed by atoms with Crippen LogP contribution < -0.4 is 5.73 Å². The van der Waals surface area contributed by atoms with E-state index in [4.69, 9.17) is 24.7 Å². The largest absolute Gasteiger partial charge is 0.462 e. The number of carbonyl (C=O) groups excluding carboxylic acids is 1. The van der Waals surface area contributed by atoms with Crippen molar-refractivity contribution in [1.29, 1.82) is 0 Å². The predicted molar refractivity (Wildman–Crippen MR) is 76.6 cm³/mol. The molecule has 0 radical (unpaired) electrons. The van der Waals surface area contributed by atoms with Crippen molar-refractivity contribution < 1.29 is 23.7 Å². The van der Waals surface area contributed by atoms with Crippen LogP contribution in [-0.4, -0.2) is 58.3 Å². The van der Waals surface area contributed by atoms with E-state index in [0.29, 0.717) is 39.5 Å². The Labute approximate surface area is 121 Å². The van der Waals surface area contributed by atoms with Crippen LogP contribution in [0.15, 0.2) is 0 Å². The summed E-state index contributed by atoms with van der Waals surface area (Å²) >= 11 is 0. The van der Waals surface area contributed by atoms with Crippen molar-refractivity contribution in [2.45, 2.75) is 39.2 Å². The molecule has 0 saturated heterocycles. The third-order valence-electron chi connectivity index (χ3n) is 2.60. The summed E-state index contributed by atoms with van der Waals surface area (Å²) in [6.45, 7) is 7.54. The standard InChI is InChI=1S/C14H29NO5/c1-3-5-6-17-7-8-18-9-10-19-11-12-20-14(16)13(15)4-2/h13H,3-12,15H2,1-2H3/t13-/m0/s1. The van der Waals surface area contributed by atoms with E-state index in [-0.39, 0.29) is 12.6 Å². The van der Waals surface area contributed by atoms with E-state index in [1.807, 2.05) is 6.92 Å². The minimum absolute atomic E-state index is 0.229. The Morgan fingerprint density at radius 3 is 1.90 bits per heavy atom. The maximum atomic E-state index is 11.2. The van der Waals surface area contributed by atoms with Gasteiger partial charge in [0.1, 0.15) is 12.6 Å². The van der Waals surface area contributed by atoms with Gasteiger partial charge >= 0.3 is 5.97 Å². The highest BCUT2D eigenvalue weighted by atomic mass is 16.6. The van der Waals surface area contributed by atoms with E-state index < -0.39 is 6.04 Å². The molecular formula is C14H29NO5. The molecule has 1 atom stereocenters. The second-order valence-electron chi connectivity index (χ2n) is 4.37. The van der Waals surface area contributed by atoms with Gasteiger partial charge in [-0.1, -0.05) is 20.3 Å². The van der Waals surface area contributed by atoms with Crippen LogP contribution in [0.3, 0.4) is 0 Å². The van der Waals surface area contributed by atoms with Gasteiger partial charge in [-0.15, -0.1) is 0 Å². The highest BCUT2D eigenvalue weighted by molar-refractivity contribution is 5.75. The average molecular weight is 291 g/mol. The Balaban J connectivity index is 3.11. The lowest BCUT2D eigenvalue weighted by molar-refractivity contribution is -0.147. The summed E-state index contributed by atoms with van der Waals surface area (Å²) in [5.41, 5.74) is 5.51. The zero-order chi connectivity index (χ0) is 15.1. The summed E-state index contributed by atoms with van der Waals surface area (Å²) in [4.78, 5) is 11.2. The van der Waals surface area contributed by atoms with Crippen LogP contribution in [0.25, 0.3) is 0 Å². The number of esters is 1. The molecule has 0 aromatic rings. The van der Waals surface area contributed by atoms with E-state index in [0.717, 1.165) is 19.4 Å². The molecule has 0 aliphatic heterocycles. The van der Waals surface area contributed by atoms with E-state index >= 15 is 0 Å². The van der Waals surface area contributed by atoms with Crippen LogP contribution in [0.4, 0.5) is 0 Å². The zero-order valence-electron chi connectivity index (χ0n) is 12.8. The summed E-state index contributed by atoms with van der Waals surface area (Å²) < 4.78 is 20.8. The third-order valence-corrected chi connectivity index (χ3v) is 2.60. The minimum atomic E-state index is -0.536. The van der Waals surface area contributed by atoms with Crippen LogP contribution in [0.1, 0.15) is 33.1 Å². The van der Waals surface area contributed by atoms with Crippen LogP contribution >= 0.6 is 0 Å². The summed E-state index contributed by atoms with van der Waals surface area (Å²) in [5.74, 6) is -0.378. The van der Waals surface area contributed by atoms with E-state index in [1.54, 1.807) is 0 Å². The molecule has 0 bridgehead atoms. The number of carbonyl (C=O) groups is 1. The molecule has 0 saturated carbocycles. The lowest BCUT2D eigenvalue weighted by Crippen LogP contribution is -2.32. The van der Waals surface area contributed by atoms with E-state index in [2.05, 4.69) is 6.92 Å². The van der Waals surface area contributed by atoms with Gasteiger partial charge in [0.25, 0.3) is 0 Å². The molecule has 0 amide bonds. The lowest BCUT2D eigenvalue weighted by Gasteiger charge is -2.09. The number of hydrogen-bond donors (Lipinski definition) is 1. The number of rotatable bonds is 14. The van der Waals surface area contributed by atoms with Crippen molar-refractivity contribution in [1.82, 2.24) is 0 Å². The van der Waals surface area contributed by atoms with Crippen LogP contribution in [0.2, 0.25) is 0 Å². The number of hydrogen-bond acceptors (Lipinski definition) is 6. The normalized spacial score (nSPS) is 12.3. The first kappa shape index (κ1) is 19.3. The summed E-state index contributed by atoms with van der Waals surface area (Å²) in [5, 5.41) is 0. The van der Waals surface area contributed by atoms with Gasteiger partial charge in [-0.25, -0.2) is 0 Å². The smallest absolute Gasteiger partial charge is 0.322 e. The van der Waals surface area contributed by atoms with Gasteiger partial charge in [-0.2, -0.15) is 0 Å². The zero-order valence-corrected chi connectivity index (χ0v) is 12.8. The molecule has 0 aliphatic rings. The molecule has 0 fully saturated rings. The van der Waals surface area contributed by atoms with E-state index in [1.165, 1.54) is 0 Å². The topological polar surface area (TPSA) is 80.0 Å². The molecule has 6 heteroatoms. The maximum absolute atomic E-state index is 11.2. The van der Waals surface area contributed by atoms with Gasteiger partial charge in [0.2, 0.25) is 0 Å². The Morgan fingerprint density at radius 1 is 0.900 bits per heavy atom. The summed E-state index contributed by atoms with van der Waals surface area (Å²) in [6, 6.07) is -0.536. The Kier molecular flexibility index (Phi) is 14.2. The quantitative estimate of drug-likeness (QED) is 0.381. The Hall–Kier alpha value is -0.690. The van der Waals surface area contributed by atoms with Crippen molar-refractivity contribution in [3.05, 3.63) is 0 Å². The first-order valence-corrected chi connectivity index (χ1v) is 7.37. The third kappa shape index (κ3) is 12.3. The Morgan fingerprint density at radius 2 is 1.40 bits per heavy atom. The molecule has 0 aromatic carbocycles. The number of ether oxygens (including phenoxy) is 4. The summed E-state index contributed by atoms with van der Waals surface area (Å²) in [6.07, 6.45) is 2.81. The van der Waals surface area contributed by atoms with Crippen molar-refractivity contribution in [2.75, 3.05) is 46.2 Å². The number of unbranched alkanes of at least 4 members (excludes halogenated alkanes) is 1. The molecule has 0 rings (SSSR count). The molecule has 0 spiro atoms. The average Bonchev–Trinajstić information content (AvgIpc) is 2.47. The fourth-order valence-corrected chi connectivity index (χ4v) is 1.26. The second kappa shape index (κ2) is 14.7. The number of nitrogens with two attached hydrogens (primary N) is 1. The van der Waals surface area contributed by atoms with Crippen molar-refractivity contribution in [2.24, 2.45) is 5.73 Å². The first-order chi connectivity index (χ1) is 9.72. The predicted octanol–water partition coefficient (Wildman–Crippen LogP) is 1.12. The fraction of sp³-hybridized carbons (Fsp3) is 0.929. The second-order valence-corrected chi connectivity index (χ2v) is 4.37.